The Balaban J connectivity index is 1.33. The molecule has 0 fully saturated rings. The number of imidazole rings is 1. The van der Waals surface area contributed by atoms with Crippen LogP contribution in [0.5, 0.6) is 0 Å². The van der Waals surface area contributed by atoms with E-state index < -0.39 is 11.7 Å². The number of aromatic amines is 1. The lowest BCUT2D eigenvalue weighted by molar-refractivity contribution is -0.620. The summed E-state index contributed by atoms with van der Waals surface area (Å²) in [4.78, 5) is 19.0. The van der Waals surface area contributed by atoms with Gasteiger partial charge in [-0.2, -0.15) is 9.41 Å². The summed E-state index contributed by atoms with van der Waals surface area (Å²) in [5.41, 5.74) is 3.25. The van der Waals surface area contributed by atoms with Gasteiger partial charge in [0.05, 0.1) is 24.7 Å². The number of halogens is 1. The molecule has 39 heavy (non-hydrogen) atoms. The Morgan fingerprint density at radius 1 is 1.23 bits per heavy atom. The molecule has 5 aromatic rings. The maximum atomic E-state index is 13.4. The van der Waals surface area contributed by atoms with Gasteiger partial charge < -0.3 is 20.0 Å². The second-order valence-corrected chi connectivity index (χ2v) is 9.48. The number of hydrogen-bond donors (Lipinski definition) is 3. The summed E-state index contributed by atoms with van der Waals surface area (Å²) in [6.07, 6.45) is 4.64. The number of anilines is 1. The van der Waals surface area contributed by atoms with Crippen molar-refractivity contribution in [1.29, 1.82) is 0 Å². The quantitative estimate of drug-likeness (QED) is 0.224. The number of hydrogen-bond acceptors (Lipinski definition) is 8. The van der Waals surface area contributed by atoms with Crippen LogP contribution >= 0.6 is 11.6 Å². The van der Waals surface area contributed by atoms with E-state index in [9.17, 15) is 15.1 Å². The Morgan fingerprint density at radius 2 is 2.05 bits per heavy atom. The number of aromatic nitrogens is 7. The lowest BCUT2D eigenvalue weighted by Crippen LogP contribution is -2.42. The van der Waals surface area contributed by atoms with E-state index in [1.807, 2.05) is 6.07 Å². The van der Waals surface area contributed by atoms with Gasteiger partial charge in [-0.05, 0) is 65.2 Å². The molecule has 0 saturated carbocycles. The van der Waals surface area contributed by atoms with Crippen molar-refractivity contribution in [2.24, 2.45) is 0 Å². The van der Waals surface area contributed by atoms with Crippen LogP contribution < -0.4 is 10.0 Å². The molecule has 12 nitrogen and oxygen atoms in total. The number of rotatable bonds is 5. The molecule has 1 amide bonds. The van der Waals surface area contributed by atoms with Gasteiger partial charge in [0.25, 0.3) is 0 Å². The number of nitrogens with one attached hydrogen (secondary N) is 2. The average molecular weight is 545 g/mol. The number of H-pyrrole nitrogens is 1. The molecule has 2 aromatic carbocycles. The summed E-state index contributed by atoms with van der Waals surface area (Å²) in [5, 5.41) is 39.5. The van der Waals surface area contributed by atoms with Gasteiger partial charge in [-0.15, -0.1) is 5.10 Å². The van der Waals surface area contributed by atoms with Gasteiger partial charge in [0.1, 0.15) is 12.2 Å². The van der Waals surface area contributed by atoms with Crippen molar-refractivity contribution in [2.75, 3.05) is 12.4 Å². The third-order valence-electron chi connectivity index (χ3n) is 6.72. The fourth-order valence-corrected chi connectivity index (χ4v) is 5.04. The maximum Gasteiger partial charge on any atom is 0.411 e. The normalized spacial score (nSPS) is 16.2. The van der Waals surface area contributed by atoms with E-state index in [2.05, 4.69) is 35.5 Å². The van der Waals surface area contributed by atoms with Crippen LogP contribution in [0.3, 0.4) is 0 Å². The number of nitrogens with zero attached hydrogens (tertiary/aromatic N) is 6. The van der Waals surface area contributed by atoms with Crippen LogP contribution in [-0.2, 0) is 16.8 Å². The van der Waals surface area contributed by atoms with Gasteiger partial charge in [0, 0.05) is 27.4 Å². The number of tetrazole rings is 1. The van der Waals surface area contributed by atoms with Crippen LogP contribution in [0.25, 0.3) is 28.1 Å². The van der Waals surface area contributed by atoms with Crippen LogP contribution in [0.1, 0.15) is 23.5 Å². The summed E-state index contributed by atoms with van der Waals surface area (Å²) in [6.45, 7) is 0. The molecule has 0 bridgehead atoms. The third kappa shape index (κ3) is 4.35. The number of carbonyl (C=O) groups excluding carboxylic acids is 1. The zero-order valence-electron chi connectivity index (χ0n) is 20.5. The molecule has 6 rings (SSSR count). The monoisotopic (exact) mass is 544 g/mol. The summed E-state index contributed by atoms with van der Waals surface area (Å²) >= 11 is 6.28. The molecule has 1 aliphatic rings. The number of amides is 1. The van der Waals surface area contributed by atoms with Gasteiger partial charge in [-0.25, -0.2) is 9.78 Å². The fourth-order valence-electron chi connectivity index (χ4n) is 4.87. The molecular weight excluding hydrogens is 524 g/mol. The van der Waals surface area contributed by atoms with Crippen molar-refractivity contribution in [3.8, 4) is 28.1 Å². The zero-order valence-corrected chi connectivity index (χ0v) is 21.3. The topological polar surface area (TPSA) is 158 Å². The lowest BCUT2D eigenvalue weighted by atomic mass is 9.98. The largest absolute Gasteiger partial charge is 0.618 e. The average Bonchev–Trinajstić information content (AvgIpc) is 3.70. The van der Waals surface area contributed by atoms with Gasteiger partial charge in [0.15, 0.2) is 6.20 Å². The number of aryl methyl sites for hydroxylation is 1. The predicted molar refractivity (Wildman–Crippen MR) is 140 cm³/mol. The maximum absolute atomic E-state index is 13.4. The van der Waals surface area contributed by atoms with Crippen LogP contribution in [0.2, 0.25) is 5.02 Å². The van der Waals surface area contributed by atoms with Gasteiger partial charge in [0.2, 0.25) is 11.3 Å². The highest BCUT2D eigenvalue weighted by atomic mass is 35.5. The highest BCUT2D eigenvalue weighted by molar-refractivity contribution is 6.31. The van der Waals surface area contributed by atoms with E-state index in [1.165, 1.54) is 24.3 Å². The van der Waals surface area contributed by atoms with Crippen LogP contribution in [0.4, 0.5) is 10.5 Å². The molecule has 0 unspecified atom stereocenters. The molecular formula is C26H21ClN8O4. The van der Waals surface area contributed by atoms with Gasteiger partial charge >= 0.3 is 6.09 Å². The summed E-state index contributed by atoms with van der Waals surface area (Å²) in [7, 11) is 1.29. The molecule has 196 valence electrons. The van der Waals surface area contributed by atoms with E-state index in [0.29, 0.717) is 49.9 Å². The Bertz CT molecular complexity index is 1690. The van der Waals surface area contributed by atoms with E-state index in [-0.39, 0.29) is 17.9 Å². The van der Waals surface area contributed by atoms with Crippen LogP contribution in [-0.4, -0.2) is 48.5 Å². The molecule has 3 heterocycles. The first kappa shape index (κ1) is 24.5. The van der Waals surface area contributed by atoms with Crippen molar-refractivity contribution >= 4 is 23.4 Å². The number of benzene rings is 2. The first-order valence-corrected chi connectivity index (χ1v) is 12.3. The minimum atomic E-state index is -1.60. The number of pyridine rings is 1. The smallest absolute Gasteiger partial charge is 0.411 e. The lowest BCUT2D eigenvalue weighted by Gasteiger charge is -2.20. The SMILES string of the molecule is COC(=O)Nc1ccc(-c2cnc([C@@]3(O)CCc4cc(-c5cc(Cl)ccc5-n5cnnn5)c[n+]([O-])c43)[nH]2)cc1. The predicted octanol–water partition coefficient (Wildman–Crippen LogP) is 3.37. The molecule has 3 aromatic heterocycles. The molecule has 1 aliphatic carbocycles. The third-order valence-corrected chi connectivity index (χ3v) is 6.95. The molecule has 0 spiro atoms. The molecule has 1 atom stereocenters. The van der Waals surface area contributed by atoms with Crippen molar-refractivity contribution < 1.29 is 19.4 Å². The van der Waals surface area contributed by atoms with E-state index in [0.717, 1.165) is 5.56 Å². The van der Waals surface area contributed by atoms with Gasteiger partial charge in [-0.1, -0.05) is 23.7 Å². The molecule has 13 heteroatoms. The second kappa shape index (κ2) is 9.49. The van der Waals surface area contributed by atoms with E-state index in [4.69, 9.17) is 11.6 Å². The Morgan fingerprint density at radius 3 is 2.79 bits per heavy atom. The fraction of sp³-hybridized carbons (Fsp3) is 0.154. The summed E-state index contributed by atoms with van der Waals surface area (Å²) < 4.78 is 6.79. The zero-order chi connectivity index (χ0) is 27.1. The summed E-state index contributed by atoms with van der Waals surface area (Å²) in [6, 6.07) is 14.1. The first-order chi connectivity index (χ1) is 18.9. The number of aliphatic hydroxyl groups is 1. The molecule has 0 radical (unpaired) electrons. The van der Waals surface area contributed by atoms with Crippen LogP contribution in [0, 0.1) is 5.21 Å². The standard InChI is InChI=1S/C26H21ClN8O4/c1-39-25(36)30-19-5-2-15(3-6-19)21-12-28-24(31-21)26(37)9-8-16-10-17(13-35(38)23(16)26)20-11-18(27)4-7-22(20)34-14-29-32-33-34/h2-7,10-14,37H,8-9H2,1H3,(H,28,31)(H,30,36)/t26-/m1/s1. The highest BCUT2D eigenvalue weighted by Crippen LogP contribution is 2.41. The molecule has 3 N–H and O–H groups in total. The first-order valence-electron chi connectivity index (χ1n) is 11.9. The van der Waals surface area contributed by atoms with Gasteiger partial charge in [-0.3, -0.25) is 5.32 Å². The Labute approximate surface area is 226 Å². The van der Waals surface area contributed by atoms with Crippen molar-refractivity contribution in [3.63, 3.8) is 0 Å². The van der Waals surface area contributed by atoms with E-state index >= 15 is 0 Å². The Hall–Kier alpha value is -4.81. The number of carbonyl (C=O) groups is 1. The summed E-state index contributed by atoms with van der Waals surface area (Å²) in [5.74, 6) is 0.266. The number of methoxy groups -OCH3 is 1. The Kier molecular flexibility index (Phi) is 5.97. The molecule has 0 aliphatic heterocycles. The number of ether oxygens (including phenoxy) is 1. The minimum Gasteiger partial charge on any atom is -0.618 e. The highest BCUT2D eigenvalue weighted by Gasteiger charge is 2.48. The van der Waals surface area contributed by atoms with E-state index in [1.54, 1.807) is 48.7 Å². The number of fused-ring (bicyclic) bond motifs is 1. The minimum absolute atomic E-state index is 0.218. The van der Waals surface area contributed by atoms with Crippen molar-refractivity contribution in [2.45, 2.75) is 18.4 Å². The van der Waals surface area contributed by atoms with Crippen molar-refractivity contribution in [1.82, 2.24) is 30.2 Å². The van der Waals surface area contributed by atoms with Crippen molar-refractivity contribution in [3.05, 3.63) is 94.6 Å². The van der Waals surface area contributed by atoms with Crippen LogP contribution in [0.15, 0.2) is 67.3 Å². The second-order valence-electron chi connectivity index (χ2n) is 9.04. The molecule has 0 saturated heterocycles.